The lowest BCUT2D eigenvalue weighted by atomic mass is 10.1. The minimum atomic E-state index is -0.359. The summed E-state index contributed by atoms with van der Waals surface area (Å²) >= 11 is 0. The molecule has 0 fully saturated rings. The highest BCUT2D eigenvalue weighted by Gasteiger charge is 2.08. The number of nitrogens with zero attached hydrogens (tertiary/aromatic N) is 6. The van der Waals surface area contributed by atoms with Crippen molar-refractivity contribution in [2.45, 2.75) is 0 Å². The van der Waals surface area contributed by atoms with E-state index in [2.05, 4.69) is 20.3 Å². The van der Waals surface area contributed by atoms with E-state index in [9.17, 15) is 10.1 Å². The molecular weight excluding hydrogens is 380 g/mol. The van der Waals surface area contributed by atoms with Crippen LogP contribution in [0.3, 0.4) is 0 Å². The van der Waals surface area contributed by atoms with Gasteiger partial charge in [0.05, 0.1) is 27.4 Å². The van der Waals surface area contributed by atoms with Gasteiger partial charge in [0.2, 0.25) is 0 Å². The molecule has 4 aromatic carbocycles. The van der Waals surface area contributed by atoms with Crippen LogP contribution in [-0.2, 0) is 0 Å². The summed E-state index contributed by atoms with van der Waals surface area (Å²) in [5.74, 6) is 0. The molecule has 4 rings (SSSR count). The Morgan fingerprint density at radius 1 is 0.733 bits per heavy atom. The Balaban J connectivity index is 0.000000177. The van der Waals surface area contributed by atoms with E-state index in [0.717, 1.165) is 11.1 Å². The van der Waals surface area contributed by atoms with Crippen LogP contribution in [0.15, 0.2) is 112 Å². The maximum absolute atomic E-state index is 10.6. The number of hydrogen-bond donors (Lipinski definition) is 0. The quantitative estimate of drug-likeness (QED) is 0.115. The molecule has 4 aromatic rings. The van der Waals surface area contributed by atoms with E-state index in [-0.39, 0.29) is 10.6 Å². The van der Waals surface area contributed by atoms with Crippen molar-refractivity contribution in [2.24, 2.45) is 15.3 Å². The highest BCUT2D eigenvalue weighted by atomic mass is 16.6. The Kier molecular flexibility index (Phi) is 6.81. The molecule has 146 valence electrons. The highest BCUT2D eigenvalue weighted by molar-refractivity contribution is 5.90. The van der Waals surface area contributed by atoms with Crippen molar-refractivity contribution in [1.82, 2.24) is 0 Å². The Morgan fingerprint density at radius 2 is 1.37 bits per heavy atom. The highest BCUT2D eigenvalue weighted by Crippen LogP contribution is 2.29. The van der Waals surface area contributed by atoms with E-state index in [1.165, 1.54) is 6.07 Å². The van der Waals surface area contributed by atoms with Crippen LogP contribution >= 0.6 is 0 Å². The Hall–Kier alpha value is -4.55. The zero-order chi connectivity index (χ0) is 21.2. The monoisotopic (exact) mass is 396 g/mol. The summed E-state index contributed by atoms with van der Waals surface area (Å²) in [7, 11) is 0. The van der Waals surface area contributed by atoms with Crippen LogP contribution in [-0.4, -0.2) is 4.92 Å². The Labute approximate surface area is 171 Å². The van der Waals surface area contributed by atoms with Crippen LogP contribution in [0.5, 0.6) is 0 Å². The number of nitro groups is 1. The topological polar surface area (TPSA) is 117 Å². The molecule has 0 spiro atoms. The molecule has 0 saturated heterocycles. The van der Waals surface area contributed by atoms with E-state index < -0.39 is 0 Å². The average molecular weight is 396 g/mol. The molecule has 8 heteroatoms. The Bertz CT molecular complexity index is 1230. The molecular formula is C22H16N6O2. The molecule has 0 amide bonds. The summed E-state index contributed by atoms with van der Waals surface area (Å²) in [4.78, 5) is 13.0. The van der Waals surface area contributed by atoms with Gasteiger partial charge in [0, 0.05) is 11.0 Å². The third kappa shape index (κ3) is 5.25. The minimum absolute atomic E-state index is 0.165. The second-order valence-corrected chi connectivity index (χ2v) is 5.97. The van der Waals surface area contributed by atoms with Crippen LogP contribution < -0.4 is 0 Å². The summed E-state index contributed by atoms with van der Waals surface area (Å²) in [6.07, 6.45) is 0. The maximum atomic E-state index is 10.6. The number of azo groups is 1. The zero-order valence-corrected chi connectivity index (χ0v) is 15.7. The lowest BCUT2D eigenvalue weighted by Crippen LogP contribution is -1.88. The number of azide groups is 1. The van der Waals surface area contributed by atoms with Gasteiger partial charge >= 0.3 is 0 Å². The molecule has 0 aliphatic carbocycles. The van der Waals surface area contributed by atoms with E-state index in [0.29, 0.717) is 16.8 Å². The summed E-state index contributed by atoms with van der Waals surface area (Å²) in [6, 6.07) is 28.8. The summed E-state index contributed by atoms with van der Waals surface area (Å²) < 4.78 is 0. The first-order chi connectivity index (χ1) is 14.7. The molecule has 0 atom stereocenters. The first-order valence-corrected chi connectivity index (χ1v) is 8.92. The molecule has 0 saturated carbocycles. The number of non-ortho nitro benzene ring substituents is 1. The largest absolute Gasteiger partial charge is 0.277 e. The normalized spacial score (nSPS) is 10.1. The van der Waals surface area contributed by atoms with Crippen molar-refractivity contribution in [3.05, 3.63) is 118 Å². The van der Waals surface area contributed by atoms with Gasteiger partial charge in [0.15, 0.2) is 0 Å². The molecule has 0 aromatic heterocycles. The molecule has 0 N–H and O–H groups in total. The molecule has 0 bridgehead atoms. The van der Waals surface area contributed by atoms with Gasteiger partial charge in [-0.15, -0.1) is 0 Å². The van der Waals surface area contributed by atoms with Gasteiger partial charge in [-0.1, -0.05) is 71.8 Å². The predicted octanol–water partition coefficient (Wildman–Crippen LogP) is 7.79. The molecule has 0 aliphatic rings. The fraction of sp³-hybridized carbons (Fsp3) is 0. The number of nitro benzene ring substituents is 1. The van der Waals surface area contributed by atoms with Crippen molar-refractivity contribution in [3.8, 4) is 0 Å². The number of rotatable bonds is 4. The fourth-order valence-electron chi connectivity index (χ4n) is 2.66. The first-order valence-electron chi connectivity index (χ1n) is 8.92. The van der Waals surface area contributed by atoms with Crippen LogP contribution in [0.25, 0.3) is 21.2 Å². The van der Waals surface area contributed by atoms with Crippen molar-refractivity contribution in [3.63, 3.8) is 0 Å². The zero-order valence-electron chi connectivity index (χ0n) is 15.7. The van der Waals surface area contributed by atoms with Crippen LogP contribution in [0.1, 0.15) is 0 Å². The number of benzene rings is 4. The first kappa shape index (κ1) is 20.2. The van der Waals surface area contributed by atoms with Crippen molar-refractivity contribution in [2.75, 3.05) is 0 Å². The third-order valence-corrected chi connectivity index (χ3v) is 4.03. The molecule has 30 heavy (non-hydrogen) atoms. The Morgan fingerprint density at radius 3 is 2.10 bits per heavy atom. The van der Waals surface area contributed by atoms with Gasteiger partial charge in [-0.3, -0.25) is 10.1 Å². The van der Waals surface area contributed by atoms with Gasteiger partial charge in [0.1, 0.15) is 0 Å². The van der Waals surface area contributed by atoms with Crippen LogP contribution in [0, 0.1) is 10.1 Å². The molecule has 0 aliphatic heterocycles. The summed E-state index contributed by atoms with van der Waals surface area (Å²) in [6.45, 7) is 0. The number of hydrogen-bond acceptors (Lipinski definition) is 5. The lowest BCUT2D eigenvalue weighted by Gasteiger charge is -1.97. The standard InChI is InChI=1S/C12H9N5.C10H7NO2/c13-17-16-12-9-5-4-8-11(12)15-14-10-6-2-1-3-7-10;12-11(13)10-7-3-5-8-4-1-2-6-9(8)10/h1-9H;1-7H. The molecule has 8 nitrogen and oxygen atoms in total. The maximum Gasteiger partial charge on any atom is 0.277 e. The predicted molar refractivity (Wildman–Crippen MR) is 116 cm³/mol. The number of fused-ring (bicyclic) bond motifs is 1. The molecule has 0 unspecified atom stereocenters. The summed E-state index contributed by atoms with van der Waals surface area (Å²) in [5, 5.41) is 23.9. The van der Waals surface area contributed by atoms with E-state index in [1.807, 2.05) is 54.6 Å². The van der Waals surface area contributed by atoms with Crippen molar-refractivity contribution >= 4 is 33.5 Å². The van der Waals surface area contributed by atoms with Crippen LogP contribution in [0.2, 0.25) is 0 Å². The van der Waals surface area contributed by atoms with Gasteiger partial charge in [0.25, 0.3) is 5.69 Å². The van der Waals surface area contributed by atoms with Crippen molar-refractivity contribution < 1.29 is 4.92 Å². The van der Waals surface area contributed by atoms with E-state index in [4.69, 9.17) is 5.53 Å². The van der Waals surface area contributed by atoms with Crippen LogP contribution in [0.4, 0.5) is 22.7 Å². The lowest BCUT2D eigenvalue weighted by molar-refractivity contribution is -0.383. The van der Waals surface area contributed by atoms with Gasteiger partial charge in [-0.05, 0) is 35.2 Å². The molecule has 0 radical (unpaired) electrons. The summed E-state index contributed by atoms with van der Waals surface area (Å²) in [5.41, 5.74) is 10.4. The fourth-order valence-corrected chi connectivity index (χ4v) is 2.66. The second-order valence-electron chi connectivity index (χ2n) is 5.97. The SMILES string of the molecule is O=[N+]([O-])c1cccc2ccccc12.[N-]=[N+]=Nc1ccccc1N=Nc1ccccc1. The molecule has 0 heterocycles. The second kappa shape index (κ2) is 10.1. The average Bonchev–Trinajstić information content (AvgIpc) is 2.79. The van der Waals surface area contributed by atoms with Crippen molar-refractivity contribution in [1.29, 1.82) is 0 Å². The smallest absolute Gasteiger partial charge is 0.258 e. The van der Waals surface area contributed by atoms with Gasteiger partial charge < -0.3 is 0 Å². The van der Waals surface area contributed by atoms with E-state index >= 15 is 0 Å². The van der Waals surface area contributed by atoms with Gasteiger partial charge in [-0.2, -0.15) is 10.2 Å². The minimum Gasteiger partial charge on any atom is -0.258 e. The van der Waals surface area contributed by atoms with Gasteiger partial charge in [-0.25, -0.2) is 0 Å². The van der Waals surface area contributed by atoms with E-state index in [1.54, 1.807) is 36.4 Å². The third-order valence-electron chi connectivity index (χ3n) is 4.03.